The number of hydrogen-bond acceptors (Lipinski definition) is 6. The van der Waals surface area contributed by atoms with Crippen LogP contribution < -0.4 is 9.47 Å². The van der Waals surface area contributed by atoms with Crippen molar-refractivity contribution in [3.8, 4) is 11.8 Å². The summed E-state index contributed by atoms with van der Waals surface area (Å²) in [5.74, 6) is -0.468. The predicted molar refractivity (Wildman–Crippen MR) is 83.4 cm³/mol. The first-order valence-electron chi connectivity index (χ1n) is 5.72. The molecule has 9 heteroatoms. The van der Waals surface area contributed by atoms with Crippen LogP contribution in [0.5, 0.6) is 11.8 Å². The van der Waals surface area contributed by atoms with Crippen LogP contribution in [0.1, 0.15) is 10.4 Å². The van der Waals surface area contributed by atoms with Crippen LogP contribution in [0.2, 0.25) is 5.02 Å². The second-order valence-electron chi connectivity index (χ2n) is 3.76. The zero-order valence-electron chi connectivity index (χ0n) is 12.2. The number of carboxylic acid groups (broad SMARTS) is 1. The maximum Gasteiger partial charge on any atom is 0.338 e. The van der Waals surface area contributed by atoms with Crippen LogP contribution in [0.15, 0.2) is 34.3 Å². The molecule has 0 unspecified atom stereocenters. The van der Waals surface area contributed by atoms with Gasteiger partial charge in [-0.05, 0) is 23.9 Å². The second-order valence-corrected chi connectivity index (χ2v) is 5.17. The molecule has 1 aromatic heterocycles. The van der Waals surface area contributed by atoms with Gasteiger partial charge in [0.2, 0.25) is 11.8 Å². The molecule has 0 aliphatic rings. The topological polar surface area (TPSA) is 81.5 Å². The quantitative estimate of drug-likeness (QED) is 0.656. The zero-order valence-corrected chi connectivity index (χ0v) is 15.7. The normalized spacial score (nSPS) is 9.77. The van der Waals surface area contributed by atoms with Crippen molar-refractivity contribution in [1.82, 2.24) is 9.97 Å². The number of aromatic carboxylic acids is 1. The number of methoxy groups -OCH3 is 2. The van der Waals surface area contributed by atoms with Crippen molar-refractivity contribution < 1.29 is 19.4 Å². The van der Waals surface area contributed by atoms with E-state index in [-0.39, 0.29) is 40.1 Å². The number of rotatable bonds is 5. The molecular formula is C13H11ClN2NaO4S. The zero-order chi connectivity index (χ0) is 15.4. The summed E-state index contributed by atoms with van der Waals surface area (Å²) >= 11 is 6.99. The first-order valence-corrected chi connectivity index (χ1v) is 6.91. The van der Waals surface area contributed by atoms with Gasteiger partial charge in [0.05, 0.1) is 30.9 Å². The Morgan fingerprint density at radius 3 is 2.32 bits per heavy atom. The van der Waals surface area contributed by atoms with Crippen LogP contribution >= 0.6 is 23.4 Å². The molecule has 0 spiro atoms. The summed E-state index contributed by atoms with van der Waals surface area (Å²) in [5, 5.41) is 9.69. The van der Waals surface area contributed by atoms with Crippen LogP contribution in [0.25, 0.3) is 0 Å². The van der Waals surface area contributed by atoms with E-state index in [0.717, 1.165) is 11.8 Å². The second kappa shape index (κ2) is 8.59. The van der Waals surface area contributed by atoms with Gasteiger partial charge in [0.1, 0.15) is 0 Å². The Morgan fingerprint density at radius 1 is 1.23 bits per heavy atom. The molecule has 0 saturated heterocycles. The van der Waals surface area contributed by atoms with Gasteiger partial charge in [0, 0.05) is 34.5 Å². The molecule has 0 atom stereocenters. The van der Waals surface area contributed by atoms with Gasteiger partial charge in [0.25, 0.3) is 0 Å². The van der Waals surface area contributed by atoms with Gasteiger partial charge in [-0.25, -0.2) is 4.79 Å². The summed E-state index contributed by atoms with van der Waals surface area (Å²) in [4.78, 5) is 20.0. The molecule has 0 bridgehead atoms. The summed E-state index contributed by atoms with van der Waals surface area (Å²) in [6, 6.07) is 6.34. The fraction of sp³-hybridized carbons (Fsp3) is 0.154. The van der Waals surface area contributed by atoms with Gasteiger partial charge in [-0.3, -0.25) is 0 Å². The average molecular weight is 350 g/mol. The summed E-state index contributed by atoms with van der Waals surface area (Å²) in [6.45, 7) is 0. The predicted octanol–water partition coefficient (Wildman–Crippen LogP) is 2.62. The Balaban J connectivity index is 0.00000242. The van der Waals surface area contributed by atoms with Crippen molar-refractivity contribution in [2.75, 3.05) is 14.2 Å². The Kier molecular flexibility index (Phi) is 7.44. The van der Waals surface area contributed by atoms with Crippen LogP contribution in [-0.4, -0.2) is 64.8 Å². The maximum absolute atomic E-state index is 11.3. The van der Waals surface area contributed by atoms with Gasteiger partial charge < -0.3 is 14.6 Å². The Hall–Kier alpha value is -0.990. The smallest absolute Gasteiger partial charge is 0.338 e. The number of nitrogens with zero attached hydrogens (tertiary/aromatic N) is 2. The summed E-state index contributed by atoms with van der Waals surface area (Å²) in [5.41, 5.74) is 0.00885. The third-order valence-corrected chi connectivity index (χ3v) is 3.71. The van der Waals surface area contributed by atoms with E-state index in [2.05, 4.69) is 9.97 Å². The minimum absolute atomic E-state index is 0. The van der Waals surface area contributed by atoms with Crippen molar-refractivity contribution in [3.63, 3.8) is 0 Å². The van der Waals surface area contributed by atoms with E-state index in [1.807, 2.05) is 0 Å². The number of halogens is 1. The number of hydrogen-bond donors (Lipinski definition) is 1. The van der Waals surface area contributed by atoms with Crippen LogP contribution in [-0.2, 0) is 0 Å². The fourth-order valence-corrected chi connectivity index (χ4v) is 2.76. The van der Waals surface area contributed by atoms with E-state index in [9.17, 15) is 9.90 Å². The molecule has 111 valence electrons. The summed E-state index contributed by atoms with van der Waals surface area (Å²) in [7, 11) is 2.94. The number of aromatic nitrogens is 2. The van der Waals surface area contributed by atoms with Crippen LogP contribution in [0.4, 0.5) is 0 Å². The molecule has 0 aliphatic carbocycles. The molecule has 0 aliphatic heterocycles. The average Bonchev–Trinajstić information content (AvgIpc) is 2.46. The van der Waals surface area contributed by atoms with Gasteiger partial charge in [-0.2, -0.15) is 9.97 Å². The molecule has 1 N–H and O–H groups in total. The molecule has 0 saturated carbocycles. The van der Waals surface area contributed by atoms with Gasteiger partial charge in [-0.1, -0.05) is 17.7 Å². The van der Waals surface area contributed by atoms with E-state index in [0.29, 0.717) is 21.8 Å². The van der Waals surface area contributed by atoms with Crippen molar-refractivity contribution in [3.05, 3.63) is 34.9 Å². The Labute approximate surface area is 158 Å². The van der Waals surface area contributed by atoms with Gasteiger partial charge in [-0.15, -0.1) is 0 Å². The third-order valence-electron chi connectivity index (χ3n) is 2.47. The molecule has 1 aromatic carbocycles. The minimum atomic E-state index is -1.11. The number of carbonyl (C=O) groups is 1. The van der Waals surface area contributed by atoms with Crippen molar-refractivity contribution in [2.24, 2.45) is 0 Å². The number of carboxylic acids is 1. The molecule has 2 aromatic rings. The van der Waals surface area contributed by atoms with E-state index < -0.39 is 5.97 Å². The monoisotopic (exact) mass is 349 g/mol. The van der Waals surface area contributed by atoms with Crippen molar-refractivity contribution in [2.45, 2.75) is 10.1 Å². The van der Waals surface area contributed by atoms with E-state index >= 15 is 0 Å². The van der Waals surface area contributed by atoms with Gasteiger partial charge in [0.15, 0.2) is 5.16 Å². The molecule has 0 amide bonds. The molecule has 6 nitrogen and oxygen atoms in total. The van der Waals surface area contributed by atoms with Gasteiger partial charge >= 0.3 is 5.97 Å². The Morgan fingerprint density at radius 2 is 1.82 bits per heavy atom. The number of ether oxygens (including phenoxy) is 2. The van der Waals surface area contributed by atoms with Crippen molar-refractivity contribution >= 4 is 58.9 Å². The molecule has 1 radical (unpaired) electrons. The minimum Gasteiger partial charge on any atom is -0.481 e. The first-order chi connectivity index (χ1) is 10.0. The molecule has 22 heavy (non-hydrogen) atoms. The molecule has 0 fully saturated rings. The van der Waals surface area contributed by atoms with E-state index in [1.54, 1.807) is 12.1 Å². The molecule has 2 rings (SSSR count). The van der Waals surface area contributed by atoms with Crippen LogP contribution in [0.3, 0.4) is 0 Å². The standard InChI is InChI=1S/C13H11ClN2O4S.Na/c1-19-9-6-10(20-2)16-13(15-9)21-8-5-3-4-7(14)11(8)12(17)18;/h3-6H,1-2H3,(H,17,18);. The fourth-order valence-electron chi connectivity index (χ4n) is 1.53. The van der Waals surface area contributed by atoms with Crippen LogP contribution in [0, 0.1) is 0 Å². The van der Waals surface area contributed by atoms with E-state index in [4.69, 9.17) is 21.1 Å². The SMILES string of the molecule is COc1cc(OC)nc(Sc2cccc(Cl)c2C(=O)O)n1.[Na]. The molecular weight excluding hydrogens is 339 g/mol. The number of benzene rings is 1. The maximum atomic E-state index is 11.3. The molecule has 1 heterocycles. The Bertz CT molecular complexity index is 665. The first kappa shape index (κ1) is 19.1. The summed E-state index contributed by atoms with van der Waals surface area (Å²) < 4.78 is 10.1. The summed E-state index contributed by atoms with van der Waals surface area (Å²) in [6.07, 6.45) is 0. The third kappa shape index (κ3) is 4.50. The van der Waals surface area contributed by atoms with Crippen molar-refractivity contribution in [1.29, 1.82) is 0 Å². The van der Waals surface area contributed by atoms with E-state index in [1.165, 1.54) is 26.4 Å². The largest absolute Gasteiger partial charge is 0.481 e.